The third-order valence-electron chi connectivity index (χ3n) is 3.88. The normalized spacial score (nSPS) is 12.5. The monoisotopic (exact) mass is 222 g/mol. The second-order valence-corrected chi connectivity index (χ2v) is 5.39. The van der Waals surface area contributed by atoms with Gasteiger partial charge in [0.05, 0.1) is 0 Å². The van der Waals surface area contributed by atoms with Crippen molar-refractivity contribution in [2.75, 3.05) is 0 Å². The van der Waals surface area contributed by atoms with Crippen LogP contribution in [0.2, 0.25) is 0 Å². The molecule has 0 N–H and O–H groups in total. The van der Waals surface area contributed by atoms with Crippen LogP contribution in [0.5, 0.6) is 0 Å². The fraction of sp³-hybridized carbons (Fsp3) is 0.294. The van der Waals surface area contributed by atoms with Gasteiger partial charge in [0, 0.05) is 0 Å². The molecule has 0 nitrogen and oxygen atoms in total. The Hall–Kier alpha value is -1.56. The highest BCUT2D eigenvalue weighted by Gasteiger charge is 2.21. The van der Waals surface area contributed by atoms with Crippen LogP contribution in [-0.4, -0.2) is 0 Å². The molecule has 0 aliphatic heterocycles. The Bertz CT molecular complexity index is 563. The summed E-state index contributed by atoms with van der Waals surface area (Å²) in [5.41, 5.74) is 11.6. The Kier molecular flexibility index (Phi) is 2.16. The minimum Gasteiger partial charge on any atom is -0.0561 e. The zero-order valence-electron chi connectivity index (χ0n) is 11.0. The maximum Gasteiger partial charge on any atom is -0.000819 e. The van der Waals surface area contributed by atoms with E-state index in [1.807, 2.05) is 0 Å². The van der Waals surface area contributed by atoms with Crippen LogP contribution in [0.25, 0.3) is 11.1 Å². The van der Waals surface area contributed by atoms with Crippen LogP contribution >= 0.6 is 0 Å². The standard InChI is InChI=1S/C17H18/c1-10-5-12(3)14-9-15-13(4)6-11(2)8-17(15)16(14)7-10/h5-8H,9H2,1-4H3. The van der Waals surface area contributed by atoms with Crippen LogP contribution in [0.3, 0.4) is 0 Å². The molecular formula is C17H18. The van der Waals surface area contributed by atoms with Crippen molar-refractivity contribution in [2.45, 2.75) is 34.1 Å². The lowest BCUT2D eigenvalue weighted by Crippen LogP contribution is -1.89. The summed E-state index contributed by atoms with van der Waals surface area (Å²) >= 11 is 0. The molecule has 0 aromatic heterocycles. The van der Waals surface area contributed by atoms with E-state index < -0.39 is 0 Å². The van der Waals surface area contributed by atoms with Gasteiger partial charge in [-0.05, 0) is 67.5 Å². The van der Waals surface area contributed by atoms with E-state index in [-0.39, 0.29) is 0 Å². The largest absolute Gasteiger partial charge is 0.0561 e. The molecule has 0 spiro atoms. The number of hydrogen-bond donors (Lipinski definition) is 0. The minimum atomic E-state index is 1.11. The predicted octanol–water partition coefficient (Wildman–Crippen LogP) is 4.49. The lowest BCUT2D eigenvalue weighted by Gasteiger charge is -2.07. The average Bonchev–Trinajstić information content (AvgIpc) is 2.58. The Labute approximate surface area is 103 Å². The Morgan fingerprint density at radius 3 is 1.47 bits per heavy atom. The molecule has 0 heteroatoms. The molecule has 0 unspecified atom stereocenters. The van der Waals surface area contributed by atoms with Crippen LogP contribution in [0.15, 0.2) is 24.3 Å². The fourth-order valence-corrected chi connectivity index (χ4v) is 3.12. The molecule has 0 heterocycles. The number of rotatable bonds is 0. The summed E-state index contributed by atoms with van der Waals surface area (Å²) in [6, 6.07) is 9.28. The molecule has 0 saturated carbocycles. The molecule has 2 aromatic rings. The van der Waals surface area contributed by atoms with Gasteiger partial charge in [0.15, 0.2) is 0 Å². The van der Waals surface area contributed by atoms with Gasteiger partial charge in [0.1, 0.15) is 0 Å². The first-order valence-corrected chi connectivity index (χ1v) is 6.27. The van der Waals surface area contributed by atoms with Crippen LogP contribution in [0.4, 0.5) is 0 Å². The first-order valence-electron chi connectivity index (χ1n) is 6.27. The molecule has 0 amide bonds. The third kappa shape index (κ3) is 1.51. The van der Waals surface area contributed by atoms with E-state index in [4.69, 9.17) is 0 Å². The molecular weight excluding hydrogens is 204 g/mol. The third-order valence-corrected chi connectivity index (χ3v) is 3.88. The van der Waals surface area contributed by atoms with Gasteiger partial charge in [-0.25, -0.2) is 0 Å². The van der Waals surface area contributed by atoms with E-state index in [9.17, 15) is 0 Å². The van der Waals surface area contributed by atoms with Crippen LogP contribution < -0.4 is 0 Å². The highest BCUT2D eigenvalue weighted by atomic mass is 14.3. The van der Waals surface area contributed by atoms with Crippen molar-refractivity contribution >= 4 is 0 Å². The summed E-state index contributed by atoms with van der Waals surface area (Å²) in [5, 5.41) is 0. The summed E-state index contributed by atoms with van der Waals surface area (Å²) in [5.74, 6) is 0. The van der Waals surface area contributed by atoms with E-state index >= 15 is 0 Å². The summed E-state index contributed by atoms with van der Waals surface area (Å²) in [6.45, 7) is 8.85. The Morgan fingerprint density at radius 2 is 1.06 bits per heavy atom. The van der Waals surface area contributed by atoms with Crippen molar-refractivity contribution in [1.29, 1.82) is 0 Å². The number of hydrogen-bond acceptors (Lipinski definition) is 0. The molecule has 1 aliphatic rings. The fourth-order valence-electron chi connectivity index (χ4n) is 3.12. The summed E-state index contributed by atoms with van der Waals surface area (Å²) in [7, 11) is 0. The van der Waals surface area contributed by atoms with Crippen LogP contribution in [0.1, 0.15) is 33.4 Å². The second kappa shape index (κ2) is 3.46. The highest BCUT2D eigenvalue weighted by Crippen LogP contribution is 2.40. The molecule has 0 fully saturated rings. The van der Waals surface area contributed by atoms with Crippen molar-refractivity contribution < 1.29 is 0 Å². The van der Waals surface area contributed by atoms with Crippen molar-refractivity contribution in [3.05, 3.63) is 57.6 Å². The number of aryl methyl sites for hydroxylation is 4. The zero-order valence-corrected chi connectivity index (χ0v) is 11.0. The van der Waals surface area contributed by atoms with Crippen LogP contribution in [-0.2, 0) is 6.42 Å². The van der Waals surface area contributed by atoms with Gasteiger partial charge in [0.25, 0.3) is 0 Å². The Morgan fingerprint density at radius 1 is 0.647 bits per heavy atom. The molecule has 0 atom stereocenters. The van der Waals surface area contributed by atoms with E-state index in [1.165, 1.54) is 44.5 Å². The van der Waals surface area contributed by atoms with Crippen molar-refractivity contribution in [2.24, 2.45) is 0 Å². The van der Waals surface area contributed by atoms with E-state index in [1.54, 1.807) is 0 Å². The average molecular weight is 222 g/mol. The van der Waals surface area contributed by atoms with E-state index in [0.717, 1.165) is 6.42 Å². The topological polar surface area (TPSA) is 0 Å². The summed E-state index contributed by atoms with van der Waals surface area (Å²) < 4.78 is 0. The van der Waals surface area contributed by atoms with Crippen molar-refractivity contribution in [1.82, 2.24) is 0 Å². The van der Waals surface area contributed by atoms with Gasteiger partial charge in [0.2, 0.25) is 0 Å². The zero-order chi connectivity index (χ0) is 12.2. The minimum absolute atomic E-state index is 1.11. The molecule has 0 bridgehead atoms. The molecule has 3 rings (SSSR count). The molecule has 1 aliphatic carbocycles. The van der Waals surface area contributed by atoms with Gasteiger partial charge >= 0.3 is 0 Å². The van der Waals surface area contributed by atoms with Crippen molar-refractivity contribution in [3.8, 4) is 11.1 Å². The van der Waals surface area contributed by atoms with E-state index in [2.05, 4.69) is 52.0 Å². The quantitative estimate of drug-likeness (QED) is 0.525. The van der Waals surface area contributed by atoms with Gasteiger partial charge in [-0.2, -0.15) is 0 Å². The summed E-state index contributed by atoms with van der Waals surface area (Å²) in [6.07, 6.45) is 1.11. The SMILES string of the molecule is Cc1cc(C)c2c(c1)-c1cc(C)cc(C)c1C2. The molecule has 17 heavy (non-hydrogen) atoms. The maximum absolute atomic E-state index is 2.34. The lowest BCUT2D eigenvalue weighted by molar-refractivity contribution is 1.17. The predicted molar refractivity (Wildman–Crippen MR) is 73.6 cm³/mol. The van der Waals surface area contributed by atoms with Gasteiger partial charge in [-0.1, -0.05) is 35.4 Å². The Balaban J connectivity index is 2.34. The second-order valence-electron chi connectivity index (χ2n) is 5.39. The van der Waals surface area contributed by atoms with Gasteiger partial charge in [-0.3, -0.25) is 0 Å². The molecule has 2 aromatic carbocycles. The lowest BCUT2D eigenvalue weighted by atomic mass is 9.98. The van der Waals surface area contributed by atoms with Gasteiger partial charge < -0.3 is 0 Å². The molecule has 0 radical (unpaired) electrons. The molecule has 0 saturated heterocycles. The van der Waals surface area contributed by atoms with Crippen molar-refractivity contribution in [3.63, 3.8) is 0 Å². The van der Waals surface area contributed by atoms with Gasteiger partial charge in [-0.15, -0.1) is 0 Å². The smallest absolute Gasteiger partial charge is 0.000819 e. The first-order chi connectivity index (χ1) is 8.06. The number of fused-ring (bicyclic) bond motifs is 3. The van der Waals surface area contributed by atoms with Crippen LogP contribution in [0, 0.1) is 27.7 Å². The number of benzene rings is 2. The first kappa shape index (κ1) is 10.6. The summed E-state index contributed by atoms with van der Waals surface area (Å²) in [4.78, 5) is 0. The maximum atomic E-state index is 2.34. The molecule has 86 valence electrons. The van der Waals surface area contributed by atoms with E-state index in [0.29, 0.717) is 0 Å². The highest BCUT2D eigenvalue weighted by molar-refractivity contribution is 5.80.